The van der Waals surface area contributed by atoms with Crippen molar-refractivity contribution in [2.75, 3.05) is 20.6 Å². The number of fused-ring (bicyclic) bond motifs is 3. The minimum Gasteiger partial charge on any atom is -0.339 e. The van der Waals surface area contributed by atoms with Crippen LogP contribution >= 0.6 is 0 Å². The van der Waals surface area contributed by atoms with Gasteiger partial charge in [0.1, 0.15) is 6.54 Å². The smallest absolute Gasteiger partial charge is 0.106 e. The molecule has 0 atom stereocenters. The van der Waals surface area contributed by atoms with E-state index in [2.05, 4.69) is 73.3 Å². The van der Waals surface area contributed by atoms with Crippen molar-refractivity contribution in [2.24, 2.45) is 0 Å². The van der Waals surface area contributed by atoms with Crippen molar-refractivity contribution in [3.8, 4) is 0 Å². The Hall–Kier alpha value is -2.06. The van der Waals surface area contributed by atoms with Gasteiger partial charge in [0.05, 0.1) is 20.6 Å². The highest BCUT2D eigenvalue weighted by Crippen LogP contribution is 2.32. The number of quaternary nitrogens is 1. The van der Waals surface area contributed by atoms with E-state index in [0.29, 0.717) is 0 Å². The van der Waals surface area contributed by atoms with Gasteiger partial charge in [0.15, 0.2) is 0 Å². The average molecular weight is 291 g/mol. The number of para-hydroxylation sites is 1. The fraction of sp³-hybridized carbons (Fsp3) is 0.300. The number of hydrogen-bond acceptors (Lipinski definition) is 0. The van der Waals surface area contributed by atoms with Crippen LogP contribution in [-0.4, -0.2) is 29.7 Å². The van der Waals surface area contributed by atoms with Crippen molar-refractivity contribution >= 4 is 10.9 Å². The van der Waals surface area contributed by atoms with Crippen molar-refractivity contribution in [2.45, 2.75) is 19.5 Å². The van der Waals surface area contributed by atoms with E-state index in [-0.39, 0.29) is 0 Å². The first-order chi connectivity index (χ1) is 10.6. The standard InChI is InChI=1S/C20H23N2/c1-22(2)13-12-20-18(15-22)17-10-6-7-11-19(17)21(20)14-16-8-4-3-5-9-16/h3-11H,12-15H2,1-2H3/q+1. The van der Waals surface area contributed by atoms with Crippen LogP contribution in [0.15, 0.2) is 54.6 Å². The SMILES string of the molecule is C[N+]1(C)CCc2c(c3ccccc3n2Cc2ccccc2)C1. The van der Waals surface area contributed by atoms with Crippen LogP contribution in [0.3, 0.4) is 0 Å². The number of hydrogen-bond donors (Lipinski definition) is 0. The van der Waals surface area contributed by atoms with Crippen molar-refractivity contribution in [1.82, 2.24) is 4.57 Å². The average Bonchev–Trinajstić information content (AvgIpc) is 2.81. The molecule has 2 nitrogen and oxygen atoms in total. The maximum absolute atomic E-state index is 2.54. The maximum atomic E-state index is 2.54. The topological polar surface area (TPSA) is 4.93 Å². The lowest BCUT2D eigenvalue weighted by Crippen LogP contribution is -2.43. The highest BCUT2D eigenvalue weighted by Gasteiger charge is 2.29. The molecule has 2 heteroatoms. The van der Waals surface area contributed by atoms with Crippen LogP contribution in [0.4, 0.5) is 0 Å². The molecule has 0 fully saturated rings. The molecule has 0 saturated carbocycles. The van der Waals surface area contributed by atoms with Crippen molar-refractivity contribution in [3.05, 3.63) is 71.4 Å². The van der Waals surface area contributed by atoms with Crippen LogP contribution in [0.1, 0.15) is 16.8 Å². The summed E-state index contributed by atoms with van der Waals surface area (Å²) in [6, 6.07) is 19.7. The Labute approximate surface area is 132 Å². The van der Waals surface area contributed by atoms with Gasteiger partial charge in [-0.25, -0.2) is 0 Å². The fourth-order valence-electron chi connectivity index (χ4n) is 3.75. The van der Waals surface area contributed by atoms with Gasteiger partial charge >= 0.3 is 0 Å². The van der Waals surface area contributed by atoms with Crippen LogP contribution in [0.25, 0.3) is 10.9 Å². The number of likely N-dealkylation sites (N-methyl/N-ethyl adjacent to an activating group) is 1. The molecule has 0 aliphatic carbocycles. The highest BCUT2D eigenvalue weighted by molar-refractivity contribution is 5.85. The van der Waals surface area contributed by atoms with E-state index >= 15 is 0 Å². The van der Waals surface area contributed by atoms with Crippen molar-refractivity contribution in [1.29, 1.82) is 0 Å². The molecular weight excluding hydrogens is 268 g/mol. The third-order valence-corrected chi connectivity index (χ3v) is 4.92. The quantitative estimate of drug-likeness (QED) is 0.633. The third kappa shape index (κ3) is 2.24. The predicted molar refractivity (Wildman–Crippen MR) is 91.9 cm³/mol. The van der Waals surface area contributed by atoms with Gasteiger partial charge in [-0.1, -0.05) is 48.5 Å². The zero-order valence-corrected chi connectivity index (χ0v) is 13.4. The highest BCUT2D eigenvalue weighted by atomic mass is 15.3. The molecule has 0 N–H and O–H groups in total. The van der Waals surface area contributed by atoms with E-state index in [1.54, 1.807) is 11.3 Å². The summed E-state index contributed by atoms with van der Waals surface area (Å²) in [6.45, 7) is 3.33. The molecule has 0 unspecified atom stereocenters. The second-order valence-corrected chi connectivity index (χ2v) is 7.08. The summed E-state index contributed by atoms with van der Waals surface area (Å²) in [5.74, 6) is 0. The van der Waals surface area contributed by atoms with E-state index in [9.17, 15) is 0 Å². The van der Waals surface area contributed by atoms with Crippen LogP contribution in [-0.2, 0) is 19.5 Å². The molecule has 2 heterocycles. The molecular formula is C20H23N2+. The second-order valence-electron chi connectivity index (χ2n) is 7.08. The summed E-state index contributed by atoms with van der Waals surface area (Å²) in [4.78, 5) is 0. The summed E-state index contributed by atoms with van der Waals surface area (Å²) in [5.41, 5.74) is 5.87. The summed E-state index contributed by atoms with van der Waals surface area (Å²) >= 11 is 0. The van der Waals surface area contributed by atoms with Crippen LogP contribution < -0.4 is 0 Å². The summed E-state index contributed by atoms with van der Waals surface area (Å²) < 4.78 is 3.63. The zero-order valence-electron chi connectivity index (χ0n) is 13.4. The molecule has 2 aromatic carbocycles. The molecule has 112 valence electrons. The van der Waals surface area contributed by atoms with E-state index in [4.69, 9.17) is 0 Å². The summed E-state index contributed by atoms with van der Waals surface area (Å²) in [7, 11) is 4.68. The molecule has 0 saturated heterocycles. The Morgan fingerprint density at radius 3 is 2.50 bits per heavy atom. The minimum absolute atomic E-state index is 0.976. The molecule has 0 bridgehead atoms. The van der Waals surface area contributed by atoms with Gasteiger partial charge in [-0.15, -0.1) is 0 Å². The normalized spacial score (nSPS) is 16.6. The lowest BCUT2D eigenvalue weighted by molar-refractivity contribution is -0.905. The Balaban J connectivity index is 1.88. The van der Waals surface area contributed by atoms with E-state index in [0.717, 1.165) is 17.6 Å². The molecule has 0 spiro atoms. The lowest BCUT2D eigenvalue weighted by atomic mass is 10.0. The molecule has 3 aromatic rings. The van der Waals surface area contributed by atoms with Crippen LogP contribution in [0.2, 0.25) is 0 Å². The molecule has 22 heavy (non-hydrogen) atoms. The fourth-order valence-corrected chi connectivity index (χ4v) is 3.75. The van der Waals surface area contributed by atoms with Crippen molar-refractivity contribution < 1.29 is 4.48 Å². The van der Waals surface area contributed by atoms with E-state index in [1.165, 1.54) is 29.4 Å². The largest absolute Gasteiger partial charge is 0.339 e. The third-order valence-electron chi connectivity index (χ3n) is 4.92. The van der Waals surface area contributed by atoms with Gasteiger partial charge in [0.2, 0.25) is 0 Å². The van der Waals surface area contributed by atoms with Crippen molar-refractivity contribution in [3.63, 3.8) is 0 Å². The number of rotatable bonds is 2. The predicted octanol–water partition coefficient (Wildman–Crippen LogP) is 3.82. The minimum atomic E-state index is 0.976. The van der Waals surface area contributed by atoms with E-state index < -0.39 is 0 Å². The number of benzene rings is 2. The number of nitrogens with zero attached hydrogens (tertiary/aromatic N) is 2. The Morgan fingerprint density at radius 1 is 0.955 bits per heavy atom. The lowest BCUT2D eigenvalue weighted by Gasteiger charge is -2.34. The Bertz CT molecular complexity index is 812. The molecule has 0 amide bonds. The first-order valence-electron chi connectivity index (χ1n) is 8.09. The number of aromatic nitrogens is 1. The van der Waals surface area contributed by atoms with Gasteiger partial charge in [0, 0.05) is 35.1 Å². The Kier molecular flexibility index (Phi) is 3.08. The van der Waals surface area contributed by atoms with Gasteiger partial charge in [-0.2, -0.15) is 0 Å². The first kappa shape index (κ1) is 13.6. The van der Waals surface area contributed by atoms with Gasteiger partial charge in [-0.3, -0.25) is 0 Å². The molecule has 1 aromatic heterocycles. The zero-order chi connectivity index (χ0) is 15.2. The monoisotopic (exact) mass is 291 g/mol. The van der Waals surface area contributed by atoms with Gasteiger partial charge in [-0.05, 0) is 11.6 Å². The summed E-state index contributed by atoms with van der Waals surface area (Å²) in [5, 5.41) is 1.44. The molecule has 1 aliphatic heterocycles. The van der Waals surface area contributed by atoms with Crippen LogP contribution in [0, 0.1) is 0 Å². The molecule has 1 aliphatic rings. The maximum Gasteiger partial charge on any atom is 0.106 e. The van der Waals surface area contributed by atoms with Gasteiger partial charge in [0.25, 0.3) is 0 Å². The summed E-state index contributed by atoms with van der Waals surface area (Å²) in [6.07, 6.45) is 1.17. The Morgan fingerprint density at radius 2 is 1.68 bits per heavy atom. The molecule has 0 radical (unpaired) electrons. The van der Waals surface area contributed by atoms with E-state index in [1.807, 2.05) is 0 Å². The van der Waals surface area contributed by atoms with Gasteiger partial charge < -0.3 is 9.05 Å². The molecule has 4 rings (SSSR count). The first-order valence-corrected chi connectivity index (χ1v) is 8.09. The van der Waals surface area contributed by atoms with Crippen LogP contribution in [0.5, 0.6) is 0 Å². The second kappa shape index (κ2) is 4.99.